The van der Waals surface area contributed by atoms with Crippen molar-refractivity contribution in [1.29, 1.82) is 0 Å². The van der Waals surface area contributed by atoms with Crippen LogP contribution in [0.3, 0.4) is 0 Å². The van der Waals surface area contributed by atoms with Gasteiger partial charge in [0.15, 0.2) is 5.78 Å². The molecule has 2 amide bonds. The molecule has 0 radical (unpaired) electrons. The van der Waals surface area contributed by atoms with Crippen molar-refractivity contribution in [3.05, 3.63) is 35.9 Å². The summed E-state index contributed by atoms with van der Waals surface area (Å²) in [5.74, 6) is -2.29. The predicted molar refractivity (Wildman–Crippen MR) is 105 cm³/mol. The number of carbonyl (C=O) groups excluding carboxylic acids is 4. The summed E-state index contributed by atoms with van der Waals surface area (Å²) in [5, 5.41) is 4.98. The first-order chi connectivity index (χ1) is 13.7. The maximum atomic E-state index is 12.1. The zero-order valence-electron chi connectivity index (χ0n) is 17.0. The van der Waals surface area contributed by atoms with E-state index in [1.165, 1.54) is 13.8 Å². The van der Waals surface area contributed by atoms with Crippen molar-refractivity contribution in [3.8, 4) is 0 Å². The molecule has 4 N–H and O–H groups in total. The van der Waals surface area contributed by atoms with E-state index in [0.717, 1.165) is 5.56 Å². The molecule has 0 unspecified atom stereocenters. The zero-order chi connectivity index (χ0) is 21.8. The van der Waals surface area contributed by atoms with Crippen LogP contribution in [-0.2, 0) is 35.3 Å². The fraction of sp³-hybridized carbons (Fsp3) is 0.500. The molecule has 9 nitrogen and oxygen atoms in total. The van der Waals surface area contributed by atoms with E-state index in [-0.39, 0.29) is 32.1 Å². The van der Waals surface area contributed by atoms with E-state index in [1.54, 1.807) is 6.92 Å². The average molecular weight is 407 g/mol. The van der Waals surface area contributed by atoms with Crippen LogP contribution >= 0.6 is 0 Å². The van der Waals surface area contributed by atoms with Crippen LogP contribution in [0, 0.1) is 5.92 Å². The quantitative estimate of drug-likeness (QED) is 0.257. The van der Waals surface area contributed by atoms with Gasteiger partial charge >= 0.3 is 5.97 Å². The fourth-order valence-corrected chi connectivity index (χ4v) is 2.21. The molecule has 9 heteroatoms. The summed E-state index contributed by atoms with van der Waals surface area (Å²) in [5.41, 5.74) is 6.30. The molecule has 0 aliphatic carbocycles. The van der Waals surface area contributed by atoms with Gasteiger partial charge in [-0.2, -0.15) is 0 Å². The summed E-state index contributed by atoms with van der Waals surface area (Å²) in [4.78, 5) is 47.2. The number of rotatable bonds is 12. The summed E-state index contributed by atoms with van der Waals surface area (Å²) in [6, 6.07) is 7.76. The highest BCUT2D eigenvalue weighted by molar-refractivity contribution is 5.92. The second-order valence-electron chi connectivity index (χ2n) is 6.77. The molecule has 0 saturated carbocycles. The molecule has 0 heterocycles. The molecular formula is C20H29N3O6. The summed E-state index contributed by atoms with van der Waals surface area (Å²) in [6.45, 7) is 4.29. The van der Waals surface area contributed by atoms with Crippen LogP contribution in [-0.4, -0.2) is 49.0 Å². The van der Waals surface area contributed by atoms with Crippen LogP contribution in [0.15, 0.2) is 30.3 Å². The molecule has 1 aromatic carbocycles. The van der Waals surface area contributed by atoms with Crippen molar-refractivity contribution >= 4 is 23.6 Å². The van der Waals surface area contributed by atoms with Crippen LogP contribution < -0.4 is 16.4 Å². The van der Waals surface area contributed by atoms with Crippen LogP contribution in [0.25, 0.3) is 0 Å². The highest BCUT2D eigenvalue weighted by Gasteiger charge is 2.22. The minimum atomic E-state index is -0.737. The molecule has 0 aliphatic rings. The van der Waals surface area contributed by atoms with Gasteiger partial charge in [0.2, 0.25) is 11.8 Å². The SMILES string of the molecule is C[C@H](N)C(=O)N[C@@H](C)C(=O)C[C@@H](C)C(=O)NCOCC(=O)OCc1ccccc1. The lowest BCUT2D eigenvalue weighted by Gasteiger charge is -2.17. The zero-order valence-corrected chi connectivity index (χ0v) is 17.0. The van der Waals surface area contributed by atoms with Gasteiger partial charge in [0.25, 0.3) is 0 Å². The van der Waals surface area contributed by atoms with Crippen molar-refractivity contribution in [3.63, 3.8) is 0 Å². The van der Waals surface area contributed by atoms with Crippen molar-refractivity contribution in [1.82, 2.24) is 10.6 Å². The lowest BCUT2D eigenvalue weighted by Crippen LogP contribution is -2.46. The molecule has 0 fully saturated rings. The normalized spacial score (nSPS) is 13.7. The first-order valence-corrected chi connectivity index (χ1v) is 9.34. The minimum Gasteiger partial charge on any atom is -0.459 e. The maximum absolute atomic E-state index is 12.1. The van der Waals surface area contributed by atoms with E-state index >= 15 is 0 Å². The van der Waals surface area contributed by atoms with Gasteiger partial charge < -0.3 is 25.8 Å². The molecule has 1 aromatic rings. The highest BCUT2D eigenvalue weighted by Crippen LogP contribution is 2.05. The largest absolute Gasteiger partial charge is 0.459 e. The smallest absolute Gasteiger partial charge is 0.332 e. The lowest BCUT2D eigenvalue weighted by molar-refractivity contribution is -0.151. The van der Waals surface area contributed by atoms with Crippen molar-refractivity contribution in [2.45, 2.75) is 45.9 Å². The molecule has 0 aliphatic heterocycles. The number of carbonyl (C=O) groups is 4. The highest BCUT2D eigenvalue weighted by atomic mass is 16.6. The maximum Gasteiger partial charge on any atom is 0.332 e. The van der Waals surface area contributed by atoms with Gasteiger partial charge in [-0.25, -0.2) is 4.79 Å². The van der Waals surface area contributed by atoms with E-state index < -0.39 is 35.8 Å². The molecule has 0 saturated heterocycles. The van der Waals surface area contributed by atoms with Gasteiger partial charge in [-0.15, -0.1) is 0 Å². The number of ketones is 1. The summed E-state index contributed by atoms with van der Waals surface area (Å²) < 4.78 is 10.1. The third-order valence-corrected chi connectivity index (χ3v) is 4.02. The van der Waals surface area contributed by atoms with Gasteiger partial charge in [0.1, 0.15) is 19.9 Å². The Kier molecular flexibility index (Phi) is 10.6. The monoisotopic (exact) mass is 407 g/mol. The number of hydrogen-bond donors (Lipinski definition) is 3. The predicted octanol–water partition coefficient (Wildman–Crippen LogP) is 0.267. The Hall–Kier alpha value is -2.78. The van der Waals surface area contributed by atoms with Crippen LogP contribution in [0.2, 0.25) is 0 Å². The molecule has 0 aromatic heterocycles. The van der Waals surface area contributed by atoms with Gasteiger partial charge in [0, 0.05) is 12.3 Å². The second kappa shape index (κ2) is 12.6. The van der Waals surface area contributed by atoms with Crippen molar-refractivity contribution < 1.29 is 28.7 Å². The summed E-state index contributed by atoms with van der Waals surface area (Å²) in [7, 11) is 0. The van der Waals surface area contributed by atoms with Crippen molar-refractivity contribution in [2.24, 2.45) is 11.7 Å². The van der Waals surface area contributed by atoms with E-state index in [9.17, 15) is 19.2 Å². The Balaban J connectivity index is 2.22. The standard InChI is InChI=1S/C20H29N3O6/c1-13(9-17(24)15(3)23-20(27)14(2)21)19(26)22-12-28-11-18(25)29-10-16-7-5-4-6-8-16/h4-8,13-15H,9-12,21H2,1-3H3,(H,22,26)(H,23,27)/t13-,14+,15+/m1/s1. The van der Waals surface area contributed by atoms with Crippen LogP contribution in [0.4, 0.5) is 0 Å². The molecule has 0 bridgehead atoms. The van der Waals surface area contributed by atoms with Crippen LogP contribution in [0.5, 0.6) is 0 Å². The Morgan fingerprint density at radius 1 is 1.03 bits per heavy atom. The topological polar surface area (TPSA) is 137 Å². The molecular weight excluding hydrogens is 378 g/mol. The van der Waals surface area contributed by atoms with Crippen LogP contribution in [0.1, 0.15) is 32.8 Å². The lowest BCUT2D eigenvalue weighted by atomic mass is 10.00. The second-order valence-corrected chi connectivity index (χ2v) is 6.77. The fourth-order valence-electron chi connectivity index (χ4n) is 2.21. The van der Waals surface area contributed by atoms with E-state index in [4.69, 9.17) is 15.2 Å². The summed E-state index contributed by atoms with van der Waals surface area (Å²) in [6.07, 6.45) is -0.0502. The Morgan fingerprint density at radius 2 is 1.69 bits per heavy atom. The van der Waals surface area contributed by atoms with Gasteiger partial charge in [-0.05, 0) is 19.4 Å². The van der Waals surface area contributed by atoms with E-state index in [1.807, 2.05) is 30.3 Å². The molecule has 160 valence electrons. The first kappa shape index (κ1) is 24.3. The minimum absolute atomic E-state index is 0.0502. The number of Topliss-reactive ketones (excluding diaryl/α,β-unsaturated/α-hetero) is 1. The third kappa shape index (κ3) is 9.82. The van der Waals surface area contributed by atoms with E-state index in [2.05, 4.69) is 10.6 Å². The Bertz CT molecular complexity index is 693. The Morgan fingerprint density at radius 3 is 2.31 bits per heavy atom. The number of amides is 2. The number of hydrogen-bond acceptors (Lipinski definition) is 7. The Labute approximate surface area is 170 Å². The average Bonchev–Trinajstić information content (AvgIpc) is 2.69. The van der Waals surface area contributed by atoms with Gasteiger partial charge in [-0.3, -0.25) is 14.4 Å². The first-order valence-electron chi connectivity index (χ1n) is 9.34. The number of benzene rings is 1. The molecule has 29 heavy (non-hydrogen) atoms. The molecule has 3 atom stereocenters. The number of nitrogens with two attached hydrogens (primary N) is 1. The van der Waals surface area contributed by atoms with Crippen molar-refractivity contribution in [2.75, 3.05) is 13.3 Å². The molecule has 0 spiro atoms. The number of ether oxygens (including phenoxy) is 2. The number of esters is 1. The van der Waals surface area contributed by atoms with Gasteiger partial charge in [0.05, 0.1) is 12.1 Å². The van der Waals surface area contributed by atoms with Gasteiger partial charge in [-0.1, -0.05) is 37.3 Å². The summed E-state index contributed by atoms with van der Waals surface area (Å²) >= 11 is 0. The third-order valence-electron chi connectivity index (χ3n) is 4.02. The number of nitrogens with one attached hydrogen (secondary N) is 2. The van der Waals surface area contributed by atoms with E-state index in [0.29, 0.717) is 0 Å². The molecule has 1 rings (SSSR count).